The molecule has 1 aromatic rings. The molecular weight excluding hydrogens is 388 g/mol. The summed E-state index contributed by atoms with van der Waals surface area (Å²) in [5, 5.41) is 18.7. The zero-order chi connectivity index (χ0) is 22.6. The molecule has 2 N–H and O–H groups in total. The van der Waals surface area contributed by atoms with Crippen molar-refractivity contribution in [3.8, 4) is 11.5 Å². The van der Waals surface area contributed by atoms with Gasteiger partial charge in [0.2, 0.25) is 0 Å². The second kappa shape index (κ2) is 19.0. The van der Waals surface area contributed by atoms with Gasteiger partial charge in [0, 0.05) is 0 Å². The summed E-state index contributed by atoms with van der Waals surface area (Å²) in [5.74, 6) is -0.995. The molecule has 0 aliphatic carbocycles. The molecule has 0 radical (unpaired) electrons. The van der Waals surface area contributed by atoms with Crippen molar-refractivity contribution in [1.29, 1.82) is 0 Å². The Kier molecular flexibility index (Phi) is 16.8. The third-order valence-electron chi connectivity index (χ3n) is 5.94. The SMILES string of the molecule is CCCCCCCCCCCCCCCCCCCCOC(=O)c1ccc(O)c(O)c1. The topological polar surface area (TPSA) is 66.8 Å². The van der Waals surface area contributed by atoms with Crippen LogP contribution in [0.3, 0.4) is 0 Å². The van der Waals surface area contributed by atoms with Crippen molar-refractivity contribution in [3.63, 3.8) is 0 Å². The zero-order valence-corrected chi connectivity index (χ0v) is 19.9. The fourth-order valence-corrected chi connectivity index (χ4v) is 3.90. The maximum atomic E-state index is 11.9. The standard InChI is InChI=1S/C27H46O4/c1-2-3-4-5-6-7-8-9-10-11-12-13-14-15-16-17-18-19-22-31-27(30)24-20-21-25(28)26(29)23-24/h20-21,23,28-29H,2-19,22H2,1H3. The number of carbonyl (C=O) groups excluding carboxylic acids is 1. The minimum absolute atomic E-state index is 0.236. The van der Waals surface area contributed by atoms with Crippen LogP contribution in [0, 0.1) is 0 Å². The van der Waals surface area contributed by atoms with E-state index in [9.17, 15) is 15.0 Å². The van der Waals surface area contributed by atoms with E-state index in [-0.39, 0.29) is 17.1 Å². The number of unbranched alkanes of at least 4 members (excludes halogenated alkanes) is 17. The lowest BCUT2D eigenvalue weighted by Crippen LogP contribution is -2.06. The Morgan fingerprint density at radius 3 is 1.48 bits per heavy atom. The summed E-state index contributed by atoms with van der Waals surface area (Å²) in [5.41, 5.74) is 0.262. The zero-order valence-electron chi connectivity index (χ0n) is 19.9. The third-order valence-corrected chi connectivity index (χ3v) is 5.94. The fourth-order valence-electron chi connectivity index (χ4n) is 3.90. The summed E-state index contributed by atoms with van der Waals surface area (Å²) >= 11 is 0. The van der Waals surface area contributed by atoms with Crippen LogP contribution >= 0.6 is 0 Å². The molecule has 4 nitrogen and oxygen atoms in total. The maximum absolute atomic E-state index is 11.9. The van der Waals surface area contributed by atoms with Gasteiger partial charge < -0.3 is 14.9 Å². The van der Waals surface area contributed by atoms with E-state index in [1.165, 1.54) is 121 Å². The highest BCUT2D eigenvalue weighted by Gasteiger charge is 2.09. The van der Waals surface area contributed by atoms with Crippen LogP contribution in [0.1, 0.15) is 133 Å². The van der Waals surface area contributed by atoms with E-state index >= 15 is 0 Å². The van der Waals surface area contributed by atoms with Crippen LogP contribution in [0.25, 0.3) is 0 Å². The lowest BCUT2D eigenvalue weighted by Gasteiger charge is -2.06. The summed E-state index contributed by atoms with van der Waals surface area (Å²) in [7, 11) is 0. The van der Waals surface area contributed by atoms with Gasteiger partial charge in [-0.2, -0.15) is 0 Å². The average molecular weight is 435 g/mol. The van der Waals surface area contributed by atoms with E-state index in [1.54, 1.807) is 0 Å². The van der Waals surface area contributed by atoms with Crippen LogP contribution in [0.5, 0.6) is 11.5 Å². The molecule has 1 aromatic carbocycles. The van der Waals surface area contributed by atoms with E-state index in [0.29, 0.717) is 6.61 Å². The van der Waals surface area contributed by atoms with Gasteiger partial charge in [-0.15, -0.1) is 0 Å². The number of rotatable bonds is 20. The van der Waals surface area contributed by atoms with Crippen LogP contribution in [0.15, 0.2) is 18.2 Å². The van der Waals surface area contributed by atoms with Crippen molar-refractivity contribution in [2.75, 3.05) is 6.61 Å². The molecule has 178 valence electrons. The molecule has 0 bridgehead atoms. The van der Waals surface area contributed by atoms with Crippen LogP contribution in [0.4, 0.5) is 0 Å². The van der Waals surface area contributed by atoms with E-state index in [1.807, 2.05) is 0 Å². The number of benzene rings is 1. The number of esters is 1. The number of phenolic OH excluding ortho intramolecular Hbond substituents is 2. The van der Waals surface area contributed by atoms with Gasteiger partial charge in [0.15, 0.2) is 11.5 Å². The van der Waals surface area contributed by atoms with Gasteiger partial charge in [-0.3, -0.25) is 0 Å². The largest absolute Gasteiger partial charge is 0.504 e. The van der Waals surface area contributed by atoms with E-state index < -0.39 is 5.97 Å². The quantitative estimate of drug-likeness (QED) is 0.123. The first-order chi connectivity index (χ1) is 15.1. The first-order valence-corrected chi connectivity index (χ1v) is 12.8. The van der Waals surface area contributed by atoms with E-state index in [2.05, 4.69) is 6.92 Å². The highest BCUT2D eigenvalue weighted by molar-refractivity contribution is 5.90. The molecular formula is C27H46O4. The normalized spacial score (nSPS) is 11.0. The number of carbonyl (C=O) groups is 1. The molecule has 0 aromatic heterocycles. The maximum Gasteiger partial charge on any atom is 0.338 e. The van der Waals surface area contributed by atoms with E-state index in [0.717, 1.165) is 12.8 Å². The first kappa shape index (κ1) is 27.3. The molecule has 31 heavy (non-hydrogen) atoms. The van der Waals surface area contributed by atoms with Crippen molar-refractivity contribution in [3.05, 3.63) is 23.8 Å². The predicted octanol–water partition coefficient (Wildman–Crippen LogP) is 8.30. The Morgan fingerprint density at radius 2 is 1.06 bits per heavy atom. The number of phenols is 2. The Balaban J connectivity index is 1.80. The summed E-state index contributed by atoms with van der Waals surface area (Å²) < 4.78 is 5.22. The van der Waals surface area contributed by atoms with Gasteiger partial charge in [-0.25, -0.2) is 4.79 Å². The average Bonchev–Trinajstić information content (AvgIpc) is 2.77. The van der Waals surface area contributed by atoms with Crippen LogP contribution < -0.4 is 0 Å². The molecule has 0 amide bonds. The van der Waals surface area contributed by atoms with Crippen LogP contribution in [-0.2, 0) is 4.74 Å². The van der Waals surface area contributed by atoms with Gasteiger partial charge in [0.25, 0.3) is 0 Å². The molecule has 0 fully saturated rings. The molecule has 0 heterocycles. The predicted molar refractivity (Wildman–Crippen MR) is 129 cm³/mol. The van der Waals surface area contributed by atoms with Crippen molar-refractivity contribution < 1.29 is 19.7 Å². The summed E-state index contributed by atoms with van der Waals surface area (Å²) in [4.78, 5) is 11.9. The lowest BCUT2D eigenvalue weighted by molar-refractivity contribution is 0.0497. The van der Waals surface area contributed by atoms with Crippen molar-refractivity contribution in [1.82, 2.24) is 0 Å². The third kappa shape index (κ3) is 14.8. The molecule has 0 aliphatic heterocycles. The number of aromatic hydroxyl groups is 2. The van der Waals surface area contributed by atoms with Gasteiger partial charge >= 0.3 is 5.97 Å². The van der Waals surface area contributed by atoms with Crippen LogP contribution in [-0.4, -0.2) is 22.8 Å². The smallest absolute Gasteiger partial charge is 0.338 e. The molecule has 1 rings (SSSR count). The summed E-state index contributed by atoms with van der Waals surface area (Å²) in [6, 6.07) is 3.97. The summed E-state index contributed by atoms with van der Waals surface area (Å²) in [6.07, 6.45) is 24.0. The molecule has 4 heteroatoms. The van der Waals surface area contributed by atoms with Crippen molar-refractivity contribution in [2.45, 2.75) is 122 Å². The highest BCUT2D eigenvalue weighted by atomic mass is 16.5. The number of hydrogen-bond acceptors (Lipinski definition) is 4. The molecule has 0 saturated carbocycles. The van der Waals surface area contributed by atoms with Gasteiger partial charge in [-0.1, -0.05) is 116 Å². The Bertz CT molecular complexity index is 570. The van der Waals surface area contributed by atoms with Gasteiger partial charge in [0.05, 0.1) is 12.2 Å². The molecule has 0 unspecified atom stereocenters. The minimum Gasteiger partial charge on any atom is -0.504 e. The Labute approximate surface area is 190 Å². The number of ether oxygens (including phenoxy) is 1. The van der Waals surface area contributed by atoms with Gasteiger partial charge in [-0.05, 0) is 24.6 Å². The Morgan fingerprint density at radius 1 is 0.645 bits per heavy atom. The van der Waals surface area contributed by atoms with E-state index in [4.69, 9.17) is 4.74 Å². The lowest BCUT2D eigenvalue weighted by atomic mass is 10.0. The molecule has 0 aliphatic rings. The monoisotopic (exact) mass is 434 g/mol. The molecule has 0 atom stereocenters. The second-order valence-electron chi connectivity index (χ2n) is 8.85. The van der Waals surface area contributed by atoms with Gasteiger partial charge in [0.1, 0.15) is 0 Å². The van der Waals surface area contributed by atoms with Crippen LogP contribution in [0.2, 0.25) is 0 Å². The first-order valence-electron chi connectivity index (χ1n) is 12.8. The van der Waals surface area contributed by atoms with Crippen molar-refractivity contribution >= 4 is 5.97 Å². The minimum atomic E-state index is -0.456. The summed E-state index contributed by atoms with van der Waals surface area (Å²) in [6.45, 7) is 2.68. The fraction of sp³-hybridized carbons (Fsp3) is 0.741. The second-order valence-corrected chi connectivity index (χ2v) is 8.85. The molecule has 0 saturated heterocycles. The Hall–Kier alpha value is -1.71. The van der Waals surface area contributed by atoms with Crippen molar-refractivity contribution in [2.24, 2.45) is 0 Å². The molecule has 0 spiro atoms. The number of hydrogen-bond donors (Lipinski definition) is 2. The highest BCUT2D eigenvalue weighted by Crippen LogP contribution is 2.25.